The van der Waals surface area contributed by atoms with Crippen LogP contribution in [0.25, 0.3) is 11.3 Å². The molecular weight excluding hydrogens is 432 g/mol. The number of carbonyl (C=O) groups is 3. The lowest BCUT2D eigenvalue weighted by atomic mass is 10.0. The van der Waals surface area contributed by atoms with Crippen molar-refractivity contribution in [3.63, 3.8) is 0 Å². The lowest BCUT2D eigenvalue weighted by molar-refractivity contribution is 0.0527. The number of anilines is 1. The molecule has 0 unspecified atom stereocenters. The summed E-state index contributed by atoms with van der Waals surface area (Å²) in [5.74, 6) is -1.34. The molecule has 32 heavy (non-hydrogen) atoms. The van der Waals surface area contributed by atoms with E-state index in [1.54, 1.807) is 20.8 Å². The van der Waals surface area contributed by atoms with Gasteiger partial charge >= 0.3 is 11.9 Å². The van der Waals surface area contributed by atoms with Crippen LogP contribution < -0.4 is 5.32 Å². The molecule has 2 aromatic heterocycles. The maximum Gasteiger partial charge on any atom is 0.348 e. The molecule has 168 valence electrons. The van der Waals surface area contributed by atoms with Crippen LogP contribution >= 0.6 is 11.3 Å². The lowest BCUT2D eigenvalue weighted by Gasteiger charge is -2.05. The molecule has 0 aliphatic carbocycles. The second-order valence-corrected chi connectivity index (χ2v) is 8.05. The van der Waals surface area contributed by atoms with Crippen LogP contribution in [0.1, 0.15) is 61.1 Å². The molecule has 1 amide bonds. The van der Waals surface area contributed by atoms with Gasteiger partial charge in [-0.3, -0.25) is 4.79 Å². The summed E-state index contributed by atoms with van der Waals surface area (Å²) in [6.07, 6.45) is 0. The number of carbonyl (C=O) groups excluding carboxylic acids is 3. The molecule has 0 aliphatic heterocycles. The molecule has 0 atom stereocenters. The van der Waals surface area contributed by atoms with Gasteiger partial charge in [0.05, 0.1) is 18.8 Å². The number of esters is 2. The second kappa shape index (κ2) is 9.78. The van der Waals surface area contributed by atoms with Crippen LogP contribution in [0.3, 0.4) is 0 Å². The number of aryl methyl sites for hydroxylation is 2. The van der Waals surface area contributed by atoms with E-state index in [1.807, 2.05) is 32.0 Å². The zero-order valence-electron chi connectivity index (χ0n) is 18.5. The van der Waals surface area contributed by atoms with Gasteiger partial charge in [0.2, 0.25) is 0 Å². The third kappa shape index (κ3) is 4.72. The van der Waals surface area contributed by atoms with Crippen LogP contribution in [0.5, 0.6) is 0 Å². The van der Waals surface area contributed by atoms with Gasteiger partial charge in [-0.1, -0.05) is 17.3 Å². The maximum absolute atomic E-state index is 12.8. The SMILES string of the molecule is CCOC(=O)c1sc(NC(=O)c2cc(-c3ccc(C)c(C)c3)on2)c(C(=O)OCC)c1C. The van der Waals surface area contributed by atoms with Crippen LogP contribution in [-0.2, 0) is 9.47 Å². The van der Waals surface area contributed by atoms with Gasteiger partial charge in [-0.15, -0.1) is 11.3 Å². The van der Waals surface area contributed by atoms with Gasteiger partial charge in [0, 0.05) is 11.6 Å². The summed E-state index contributed by atoms with van der Waals surface area (Å²) in [7, 11) is 0. The van der Waals surface area contributed by atoms with E-state index < -0.39 is 17.8 Å². The zero-order valence-corrected chi connectivity index (χ0v) is 19.3. The monoisotopic (exact) mass is 456 g/mol. The van der Waals surface area contributed by atoms with Crippen molar-refractivity contribution < 1.29 is 28.4 Å². The van der Waals surface area contributed by atoms with Crippen molar-refractivity contribution in [3.8, 4) is 11.3 Å². The lowest BCUT2D eigenvalue weighted by Crippen LogP contribution is -2.15. The van der Waals surface area contributed by atoms with E-state index in [-0.39, 0.29) is 34.3 Å². The quantitative estimate of drug-likeness (QED) is 0.502. The van der Waals surface area contributed by atoms with Gasteiger partial charge in [0.1, 0.15) is 9.88 Å². The number of amides is 1. The number of nitrogens with one attached hydrogen (secondary N) is 1. The second-order valence-electron chi connectivity index (χ2n) is 7.03. The molecular formula is C23H24N2O6S. The molecule has 9 heteroatoms. The van der Waals surface area contributed by atoms with Crippen molar-refractivity contribution in [1.29, 1.82) is 0 Å². The highest BCUT2D eigenvalue weighted by Crippen LogP contribution is 2.35. The van der Waals surface area contributed by atoms with E-state index in [0.717, 1.165) is 28.0 Å². The fourth-order valence-electron chi connectivity index (χ4n) is 3.02. The highest BCUT2D eigenvalue weighted by Gasteiger charge is 2.28. The Kier molecular flexibility index (Phi) is 7.09. The number of hydrogen-bond donors (Lipinski definition) is 1. The molecule has 8 nitrogen and oxygen atoms in total. The zero-order chi connectivity index (χ0) is 23.4. The topological polar surface area (TPSA) is 108 Å². The van der Waals surface area contributed by atoms with Crippen LogP contribution in [0.4, 0.5) is 5.00 Å². The summed E-state index contributed by atoms with van der Waals surface area (Å²) in [5.41, 5.74) is 3.57. The van der Waals surface area contributed by atoms with Crippen molar-refractivity contribution in [2.75, 3.05) is 18.5 Å². The molecule has 1 aromatic carbocycles. The first-order valence-electron chi connectivity index (χ1n) is 10.1. The number of aromatic nitrogens is 1. The average molecular weight is 457 g/mol. The Morgan fingerprint density at radius 2 is 1.69 bits per heavy atom. The fourth-order valence-corrected chi connectivity index (χ4v) is 4.11. The summed E-state index contributed by atoms with van der Waals surface area (Å²) in [5, 5.41) is 6.70. The van der Waals surface area contributed by atoms with Crippen LogP contribution in [0.15, 0.2) is 28.8 Å². The van der Waals surface area contributed by atoms with Gasteiger partial charge in [-0.2, -0.15) is 0 Å². The number of rotatable bonds is 7. The van der Waals surface area contributed by atoms with E-state index >= 15 is 0 Å². The molecule has 0 fully saturated rings. The Bertz CT molecular complexity index is 1180. The van der Waals surface area contributed by atoms with Gasteiger partial charge in [0.15, 0.2) is 11.5 Å². The van der Waals surface area contributed by atoms with Crippen molar-refractivity contribution in [1.82, 2.24) is 5.16 Å². The number of nitrogens with zero attached hydrogens (tertiary/aromatic N) is 1. The Morgan fingerprint density at radius 3 is 2.34 bits per heavy atom. The van der Waals surface area contributed by atoms with Gasteiger partial charge in [-0.25, -0.2) is 9.59 Å². The van der Waals surface area contributed by atoms with Gasteiger partial charge in [0.25, 0.3) is 5.91 Å². The van der Waals surface area contributed by atoms with Crippen molar-refractivity contribution in [2.24, 2.45) is 0 Å². The van der Waals surface area contributed by atoms with Gasteiger partial charge in [-0.05, 0) is 57.4 Å². The molecule has 0 saturated carbocycles. The van der Waals surface area contributed by atoms with E-state index in [1.165, 1.54) is 6.07 Å². The summed E-state index contributed by atoms with van der Waals surface area (Å²) >= 11 is 0.952. The van der Waals surface area contributed by atoms with E-state index in [4.69, 9.17) is 14.0 Å². The van der Waals surface area contributed by atoms with Crippen molar-refractivity contribution >= 4 is 34.2 Å². The van der Waals surface area contributed by atoms with Crippen molar-refractivity contribution in [3.05, 3.63) is 57.1 Å². The Balaban J connectivity index is 1.90. The van der Waals surface area contributed by atoms with E-state index in [0.29, 0.717) is 11.3 Å². The number of hydrogen-bond acceptors (Lipinski definition) is 8. The minimum absolute atomic E-state index is 0.0387. The third-order valence-corrected chi connectivity index (χ3v) is 6.04. The summed E-state index contributed by atoms with van der Waals surface area (Å²) in [4.78, 5) is 37.8. The maximum atomic E-state index is 12.8. The van der Waals surface area contributed by atoms with E-state index in [9.17, 15) is 14.4 Å². The first kappa shape index (κ1) is 23.2. The molecule has 0 bridgehead atoms. The minimum atomic E-state index is -0.636. The van der Waals surface area contributed by atoms with Crippen LogP contribution in [0, 0.1) is 20.8 Å². The minimum Gasteiger partial charge on any atom is -0.462 e. The molecule has 3 aromatic rings. The molecule has 1 N–H and O–H groups in total. The molecule has 0 saturated heterocycles. The summed E-state index contributed by atoms with van der Waals surface area (Å²) in [6.45, 7) is 9.30. The summed E-state index contributed by atoms with van der Waals surface area (Å²) in [6, 6.07) is 7.32. The van der Waals surface area contributed by atoms with E-state index in [2.05, 4.69) is 10.5 Å². The molecule has 0 aliphatic rings. The number of thiophene rings is 1. The highest BCUT2D eigenvalue weighted by molar-refractivity contribution is 7.18. The Labute approximate surface area is 189 Å². The predicted octanol–water partition coefficient (Wildman–Crippen LogP) is 4.93. The van der Waals surface area contributed by atoms with Crippen molar-refractivity contribution in [2.45, 2.75) is 34.6 Å². The fraction of sp³-hybridized carbons (Fsp3) is 0.304. The molecule has 2 heterocycles. The molecule has 0 spiro atoms. The molecule has 3 rings (SSSR count). The Morgan fingerprint density at radius 1 is 1.00 bits per heavy atom. The number of benzene rings is 1. The van der Waals surface area contributed by atoms with Crippen LogP contribution in [-0.4, -0.2) is 36.2 Å². The normalized spacial score (nSPS) is 10.7. The highest BCUT2D eigenvalue weighted by atomic mass is 32.1. The first-order valence-corrected chi connectivity index (χ1v) is 10.9. The van der Waals surface area contributed by atoms with Crippen LogP contribution in [0.2, 0.25) is 0 Å². The average Bonchev–Trinajstić information content (AvgIpc) is 3.36. The third-order valence-electron chi connectivity index (χ3n) is 4.85. The smallest absolute Gasteiger partial charge is 0.348 e. The predicted molar refractivity (Wildman–Crippen MR) is 120 cm³/mol. The van der Waals surface area contributed by atoms with Gasteiger partial charge < -0.3 is 19.3 Å². The first-order chi connectivity index (χ1) is 15.3. The largest absolute Gasteiger partial charge is 0.462 e. The Hall–Kier alpha value is -3.46. The molecule has 0 radical (unpaired) electrons. The summed E-state index contributed by atoms with van der Waals surface area (Å²) < 4.78 is 15.5. The standard InChI is InChI=1S/C23H24N2O6S/c1-6-29-22(27)18-14(5)19(23(28)30-7-2)32-21(18)24-20(26)16-11-17(31-25-16)15-9-8-12(3)13(4)10-15/h8-11H,6-7H2,1-5H3,(H,24,26). The number of ether oxygens (including phenoxy) is 2.